The van der Waals surface area contributed by atoms with Crippen molar-refractivity contribution in [3.8, 4) is 28.4 Å². The Bertz CT molecular complexity index is 1300. The number of sulfonamides is 1. The number of hydrogen-bond donors (Lipinski definition) is 1. The van der Waals surface area contributed by atoms with Gasteiger partial charge in [0.2, 0.25) is 10.0 Å². The standard InChI is InChI=1S/C24H23N3O4S/c1-30-21-13-14-22(31-2)23(15-21)32(28,29)25-16-19-17-27(20-11-7-4-8-12-20)26-24(19)18-9-5-3-6-10-18/h3-15,17,25H,16H2,1-2H3. The van der Waals surface area contributed by atoms with E-state index in [2.05, 4.69) is 4.72 Å². The summed E-state index contributed by atoms with van der Waals surface area (Å²) in [6.07, 6.45) is 1.84. The molecule has 164 valence electrons. The van der Waals surface area contributed by atoms with E-state index >= 15 is 0 Å². The molecule has 0 radical (unpaired) electrons. The molecule has 0 saturated heterocycles. The third-order valence-electron chi connectivity index (χ3n) is 4.97. The van der Waals surface area contributed by atoms with Crippen LogP contribution in [0.25, 0.3) is 16.9 Å². The summed E-state index contributed by atoms with van der Waals surface area (Å²) in [5, 5.41) is 4.72. The summed E-state index contributed by atoms with van der Waals surface area (Å²) in [6.45, 7) is 0.0553. The van der Waals surface area contributed by atoms with Gasteiger partial charge in [0.1, 0.15) is 16.4 Å². The van der Waals surface area contributed by atoms with Gasteiger partial charge in [0.25, 0.3) is 0 Å². The van der Waals surface area contributed by atoms with Gasteiger partial charge < -0.3 is 9.47 Å². The molecule has 0 aliphatic heterocycles. The summed E-state index contributed by atoms with van der Waals surface area (Å²) in [5.41, 5.74) is 3.23. The fourth-order valence-electron chi connectivity index (χ4n) is 3.34. The minimum atomic E-state index is -3.88. The number of methoxy groups -OCH3 is 2. The van der Waals surface area contributed by atoms with Crippen molar-refractivity contribution < 1.29 is 17.9 Å². The fraction of sp³-hybridized carbons (Fsp3) is 0.125. The Balaban J connectivity index is 1.69. The van der Waals surface area contributed by atoms with Crippen LogP contribution in [0, 0.1) is 0 Å². The van der Waals surface area contributed by atoms with Crippen LogP contribution in [0.3, 0.4) is 0 Å². The van der Waals surface area contributed by atoms with Crippen LogP contribution < -0.4 is 14.2 Å². The van der Waals surface area contributed by atoms with Gasteiger partial charge in [0.05, 0.1) is 25.6 Å². The molecule has 3 aromatic carbocycles. The zero-order valence-corrected chi connectivity index (χ0v) is 18.5. The second-order valence-electron chi connectivity index (χ2n) is 6.99. The van der Waals surface area contributed by atoms with Crippen LogP contribution in [-0.4, -0.2) is 32.4 Å². The highest BCUT2D eigenvalue weighted by Gasteiger charge is 2.22. The van der Waals surface area contributed by atoms with Gasteiger partial charge in [-0.05, 0) is 24.3 Å². The highest BCUT2D eigenvalue weighted by atomic mass is 32.2. The lowest BCUT2D eigenvalue weighted by molar-refractivity contribution is 0.392. The third-order valence-corrected chi connectivity index (χ3v) is 6.39. The van der Waals surface area contributed by atoms with E-state index in [4.69, 9.17) is 14.6 Å². The molecule has 0 unspecified atom stereocenters. The number of rotatable bonds is 8. The minimum Gasteiger partial charge on any atom is -0.497 e. The van der Waals surface area contributed by atoms with Crippen molar-refractivity contribution in [3.05, 3.63) is 90.6 Å². The number of nitrogens with zero attached hydrogens (tertiary/aromatic N) is 2. The zero-order chi connectivity index (χ0) is 22.6. The van der Waals surface area contributed by atoms with Crippen molar-refractivity contribution in [1.82, 2.24) is 14.5 Å². The van der Waals surface area contributed by atoms with Crippen LogP contribution in [0.5, 0.6) is 11.5 Å². The first-order valence-corrected chi connectivity index (χ1v) is 11.4. The first kappa shape index (κ1) is 21.6. The summed E-state index contributed by atoms with van der Waals surface area (Å²) in [5.74, 6) is 0.662. The Kier molecular flexibility index (Phi) is 6.25. The maximum absolute atomic E-state index is 13.1. The summed E-state index contributed by atoms with van der Waals surface area (Å²) in [4.78, 5) is 0.0102. The van der Waals surface area contributed by atoms with E-state index in [1.807, 2.05) is 66.9 Å². The zero-order valence-electron chi connectivity index (χ0n) is 17.7. The molecular formula is C24H23N3O4S. The van der Waals surface area contributed by atoms with E-state index in [0.29, 0.717) is 11.4 Å². The highest BCUT2D eigenvalue weighted by Crippen LogP contribution is 2.29. The number of hydrogen-bond acceptors (Lipinski definition) is 5. The second-order valence-corrected chi connectivity index (χ2v) is 8.73. The molecule has 1 aromatic heterocycles. The monoisotopic (exact) mass is 449 g/mol. The molecule has 0 spiro atoms. The molecule has 0 aliphatic rings. The first-order chi connectivity index (χ1) is 15.5. The molecule has 0 aliphatic carbocycles. The van der Waals surface area contributed by atoms with Crippen molar-refractivity contribution in [2.24, 2.45) is 0 Å². The van der Waals surface area contributed by atoms with E-state index in [-0.39, 0.29) is 17.2 Å². The van der Waals surface area contributed by atoms with E-state index in [9.17, 15) is 8.42 Å². The third kappa shape index (κ3) is 4.51. The van der Waals surface area contributed by atoms with Gasteiger partial charge in [0, 0.05) is 29.9 Å². The molecule has 1 N–H and O–H groups in total. The van der Waals surface area contributed by atoms with E-state index in [1.54, 1.807) is 16.8 Å². The van der Waals surface area contributed by atoms with Crippen LogP contribution in [0.4, 0.5) is 0 Å². The van der Waals surface area contributed by atoms with Crippen molar-refractivity contribution in [2.45, 2.75) is 11.4 Å². The lowest BCUT2D eigenvalue weighted by atomic mass is 10.1. The Hall–Kier alpha value is -3.62. The van der Waals surface area contributed by atoms with Crippen molar-refractivity contribution >= 4 is 10.0 Å². The summed E-state index contributed by atoms with van der Waals surface area (Å²) >= 11 is 0. The lowest BCUT2D eigenvalue weighted by Crippen LogP contribution is -2.24. The van der Waals surface area contributed by atoms with Gasteiger partial charge in [0.15, 0.2) is 0 Å². The van der Waals surface area contributed by atoms with E-state index in [0.717, 1.165) is 16.8 Å². The summed E-state index contributed by atoms with van der Waals surface area (Å²) in [6, 6.07) is 24.0. The molecule has 1 heterocycles. The van der Waals surface area contributed by atoms with E-state index < -0.39 is 10.0 Å². The molecule has 0 fully saturated rings. The largest absolute Gasteiger partial charge is 0.497 e. The maximum Gasteiger partial charge on any atom is 0.244 e. The van der Waals surface area contributed by atoms with Gasteiger partial charge in [-0.1, -0.05) is 48.5 Å². The molecule has 4 aromatic rings. The molecule has 7 nitrogen and oxygen atoms in total. The Morgan fingerprint density at radius 1 is 0.906 bits per heavy atom. The first-order valence-electron chi connectivity index (χ1n) is 9.93. The van der Waals surface area contributed by atoms with Crippen LogP contribution in [0.2, 0.25) is 0 Å². The molecule has 32 heavy (non-hydrogen) atoms. The van der Waals surface area contributed by atoms with Crippen LogP contribution >= 0.6 is 0 Å². The predicted molar refractivity (Wildman–Crippen MR) is 123 cm³/mol. The van der Waals surface area contributed by atoms with Crippen molar-refractivity contribution in [2.75, 3.05) is 14.2 Å². The lowest BCUT2D eigenvalue weighted by Gasteiger charge is -2.12. The fourth-order valence-corrected chi connectivity index (χ4v) is 4.52. The average Bonchev–Trinajstić information content (AvgIpc) is 3.28. The molecule has 0 amide bonds. The van der Waals surface area contributed by atoms with Gasteiger partial charge in [-0.15, -0.1) is 0 Å². The molecule has 0 bridgehead atoms. The molecular weight excluding hydrogens is 426 g/mol. The van der Waals surface area contributed by atoms with Crippen molar-refractivity contribution in [3.63, 3.8) is 0 Å². The van der Waals surface area contributed by atoms with Crippen LogP contribution in [-0.2, 0) is 16.6 Å². The van der Waals surface area contributed by atoms with Gasteiger partial charge >= 0.3 is 0 Å². The SMILES string of the molecule is COc1ccc(OC)c(S(=O)(=O)NCc2cn(-c3ccccc3)nc2-c2ccccc2)c1. The minimum absolute atomic E-state index is 0.0102. The Morgan fingerprint density at radius 3 is 2.25 bits per heavy atom. The van der Waals surface area contributed by atoms with Crippen LogP contribution in [0.1, 0.15) is 5.56 Å². The average molecular weight is 450 g/mol. The normalized spacial score (nSPS) is 11.3. The molecule has 0 saturated carbocycles. The number of nitrogens with one attached hydrogen (secondary N) is 1. The highest BCUT2D eigenvalue weighted by molar-refractivity contribution is 7.89. The Morgan fingerprint density at radius 2 is 1.59 bits per heavy atom. The topological polar surface area (TPSA) is 82.5 Å². The smallest absolute Gasteiger partial charge is 0.244 e. The summed E-state index contributed by atoms with van der Waals surface area (Å²) in [7, 11) is -0.969. The second kappa shape index (κ2) is 9.25. The predicted octanol–water partition coefficient (Wildman–Crippen LogP) is 4.04. The van der Waals surface area contributed by atoms with Crippen LogP contribution in [0.15, 0.2) is 90.0 Å². The molecule has 0 atom stereocenters. The number of ether oxygens (including phenoxy) is 2. The quantitative estimate of drug-likeness (QED) is 0.439. The van der Waals surface area contributed by atoms with Gasteiger partial charge in [-0.25, -0.2) is 17.8 Å². The van der Waals surface area contributed by atoms with Gasteiger partial charge in [-0.3, -0.25) is 0 Å². The maximum atomic E-state index is 13.1. The molecule has 8 heteroatoms. The van der Waals surface area contributed by atoms with Crippen molar-refractivity contribution in [1.29, 1.82) is 0 Å². The Labute approximate surface area is 187 Å². The summed E-state index contributed by atoms with van der Waals surface area (Å²) < 4.78 is 41.1. The van der Waals surface area contributed by atoms with E-state index in [1.165, 1.54) is 20.3 Å². The number of aromatic nitrogens is 2. The number of para-hydroxylation sites is 1. The van der Waals surface area contributed by atoms with Gasteiger partial charge in [-0.2, -0.15) is 5.10 Å². The molecule has 4 rings (SSSR count). The number of benzene rings is 3.